The van der Waals surface area contributed by atoms with E-state index in [1.165, 1.54) is 12.8 Å². The lowest BCUT2D eigenvalue weighted by Gasteiger charge is -2.24. The van der Waals surface area contributed by atoms with E-state index in [2.05, 4.69) is 19.4 Å². The van der Waals surface area contributed by atoms with Crippen LogP contribution < -0.4 is 0 Å². The molecule has 0 aliphatic carbocycles. The topological polar surface area (TPSA) is 54.2 Å². The molecule has 2 aromatic heterocycles. The first-order valence-corrected chi connectivity index (χ1v) is 7.07. The molecule has 20 heavy (non-hydrogen) atoms. The molecule has 1 fully saturated rings. The quantitative estimate of drug-likeness (QED) is 0.924. The molecule has 2 aromatic rings. The molecule has 0 aromatic carbocycles. The molecular formula is C15H20N4O. The van der Waals surface area contributed by atoms with Crippen LogP contribution in [0.5, 0.6) is 5.75 Å². The lowest BCUT2D eigenvalue weighted by molar-refractivity contribution is 0.219. The molecule has 5 nitrogen and oxygen atoms in total. The Kier molecular flexibility index (Phi) is 3.69. The average Bonchev–Trinajstić information content (AvgIpc) is 3.07. The van der Waals surface area contributed by atoms with Crippen molar-refractivity contribution in [3.05, 3.63) is 42.2 Å². The number of likely N-dealkylation sites (tertiary alicyclic amines) is 1. The third-order valence-electron chi connectivity index (χ3n) is 3.92. The Morgan fingerprint density at radius 2 is 2.30 bits per heavy atom. The summed E-state index contributed by atoms with van der Waals surface area (Å²) >= 11 is 0. The lowest BCUT2D eigenvalue weighted by atomic mass is 10.2. The Bertz CT molecular complexity index is 567. The van der Waals surface area contributed by atoms with Gasteiger partial charge in [-0.1, -0.05) is 0 Å². The smallest absolute Gasteiger partial charge is 0.138 e. The summed E-state index contributed by atoms with van der Waals surface area (Å²) < 4.78 is 2.12. The first-order chi connectivity index (χ1) is 9.72. The highest BCUT2D eigenvalue weighted by Crippen LogP contribution is 2.24. The average molecular weight is 272 g/mol. The number of pyridine rings is 1. The van der Waals surface area contributed by atoms with Gasteiger partial charge in [0, 0.05) is 37.2 Å². The fourth-order valence-corrected chi connectivity index (χ4v) is 2.86. The fourth-order valence-electron chi connectivity index (χ4n) is 2.86. The number of hydrogen-bond donors (Lipinski definition) is 1. The highest BCUT2D eigenvalue weighted by molar-refractivity contribution is 5.27. The van der Waals surface area contributed by atoms with Gasteiger partial charge in [-0.3, -0.25) is 9.88 Å². The SMILES string of the molecule is Cc1ccc(O)c(CN2CCCC2Cn2ccnc2)n1. The van der Waals surface area contributed by atoms with Crippen molar-refractivity contribution >= 4 is 0 Å². The predicted octanol–water partition coefficient (Wildman–Crippen LogP) is 1.96. The van der Waals surface area contributed by atoms with Crippen LogP contribution in [0.3, 0.4) is 0 Å². The van der Waals surface area contributed by atoms with Crippen molar-refractivity contribution in [2.45, 2.75) is 38.9 Å². The highest BCUT2D eigenvalue weighted by atomic mass is 16.3. The van der Waals surface area contributed by atoms with E-state index >= 15 is 0 Å². The van der Waals surface area contributed by atoms with Gasteiger partial charge >= 0.3 is 0 Å². The fraction of sp³-hybridized carbons (Fsp3) is 0.467. The summed E-state index contributed by atoms with van der Waals surface area (Å²) in [6, 6.07) is 4.07. The molecule has 0 bridgehead atoms. The third-order valence-corrected chi connectivity index (χ3v) is 3.92. The predicted molar refractivity (Wildman–Crippen MR) is 76.3 cm³/mol. The maximum absolute atomic E-state index is 9.93. The van der Waals surface area contributed by atoms with Gasteiger partial charge in [-0.15, -0.1) is 0 Å². The molecule has 1 aliphatic rings. The molecule has 0 saturated carbocycles. The second kappa shape index (κ2) is 5.63. The van der Waals surface area contributed by atoms with E-state index in [1.54, 1.807) is 6.07 Å². The van der Waals surface area contributed by atoms with E-state index in [0.29, 0.717) is 18.3 Å². The van der Waals surface area contributed by atoms with E-state index in [0.717, 1.165) is 24.5 Å². The summed E-state index contributed by atoms with van der Waals surface area (Å²) in [6.07, 6.45) is 8.06. The number of aromatic hydroxyl groups is 1. The summed E-state index contributed by atoms with van der Waals surface area (Å²) in [5.74, 6) is 0.295. The molecule has 3 heterocycles. The van der Waals surface area contributed by atoms with E-state index in [9.17, 15) is 5.11 Å². The van der Waals surface area contributed by atoms with Gasteiger partial charge in [0.2, 0.25) is 0 Å². The van der Waals surface area contributed by atoms with Crippen LogP contribution in [-0.4, -0.2) is 37.1 Å². The molecule has 1 aliphatic heterocycles. The summed E-state index contributed by atoms with van der Waals surface area (Å²) in [6.45, 7) is 4.68. The summed E-state index contributed by atoms with van der Waals surface area (Å²) in [5.41, 5.74) is 1.73. The Hall–Kier alpha value is -1.88. The van der Waals surface area contributed by atoms with Crippen LogP contribution in [0.25, 0.3) is 0 Å². The molecule has 5 heteroatoms. The zero-order valence-electron chi connectivity index (χ0n) is 11.7. The van der Waals surface area contributed by atoms with Crippen molar-refractivity contribution in [1.29, 1.82) is 0 Å². The van der Waals surface area contributed by atoms with Crippen molar-refractivity contribution in [3.8, 4) is 5.75 Å². The van der Waals surface area contributed by atoms with Crippen LogP contribution >= 0.6 is 0 Å². The van der Waals surface area contributed by atoms with Crippen molar-refractivity contribution < 1.29 is 5.11 Å². The van der Waals surface area contributed by atoms with Gasteiger partial charge in [0.05, 0.1) is 12.0 Å². The van der Waals surface area contributed by atoms with E-state index < -0.39 is 0 Å². The molecule has 1 unspecified atom stereocenters. The molecule has 0 amide bonds. The highest BCUT2D eigenvalue weighted by Gasteiger charge is 2.25. The normalized spacial score (nSPS) is 19.6. The monoisotopic (exact) mass is 272 g/mol. The van der Waals surface area contributed by atoms with E-state index in [-0.39, 0.29) is 0 Å². The molecule has 106 valence electrons. The van der Waals surface area contributed by atoms with Crippen molar-refractivity contribution in [2.75, 3.05) is 6.54 Å². The zero-order chi connectivity index (χ0) is 13.9. The van der Waals surface area contributed by atoms with Gasteiger partial charge < -0.3 is 9.67 Å². The molecular weight excluding hydrogens is 252 g/mol. The summed E-state index contributed by atoms with van der Waals surface area (Å²) in [4.78, 5) is 11.0. The van der Waals surface area contributed by atoms with Crippen LogP contribution in [0.2, 0.25) is 0 Å². The van der Waals surface area contributed by atoms with Gasteiger partial charge in [0.1, 0.15) is 5.75 Å². The molecule has 0 radical (unpaired) electrons. The van der Waals surface area contributed by atoms with Gasteiger partial charge in [-0.25, -0.2) is 4.98 Å². The molecule has 3 rings (SSSR count). The summed E-state index contributed by atoms with van der Waals surface area (Å²) in [7, 11) is 0. The number of imidazole rings is 1. The maximum Gasteiger partial charge on any atom is 0.138 e. The second-order valence-electron chi connectivity index (χ2n) is 5.44. The van der Waals surface area contributed by atoms with Crippen molar-refractivity contribution in [1.82, 2.24) is 19.4 Å². The Balaban J connectivity index is 1.71. The Morgan fingerprint density at radius 3 is 3.10 bits per heavy atom. The van der Waals surface area contributed by atoms with Crippen LogP contribution in [-0.2, 0) is 13.1 Å². The first-order valence-electron chi connectivity index (χ1n) is 7.07. The number of aromatic nitrogens is 3. The van der Waals surface area contributed by atoms with Gasteiger partial charge in [0.15, 0.2) is 0 Å². The largest absolute Gasteiger partial charge is 0.506 e. The number of aryl methyl sites for hydroxylation is 1. The van der Waals surface area contributed by atoms with Crippen LogP contribution in [0, 0.1) is 6.92 Å². The van der Waals surface area contributed by atoms with Gasteiger partial charge in [0.25, 0.3) is 0 Å². The first kappa shape index (κ1) is 13.1. The maximum atomic E-state index is 9.93. The third kappa shape index (κ3) is 2.82. The number of hydrogen-bond acceptors (Lipinski definition) is 4. The Morgan fingerprint density at radius 1 is 1.40 bits per heavy atom. The van der Waals surface area contributed by atoms with Gasteiger partial charge in [-0.2, -0.15) is 0 Å². The molecule has 1 saturated heterocycles. The number of nitrogens with zero attached hydrogens (tertiary/aromatic N) is 4. The zero-order valence-corrected chi connectivity index (χ0v) is 11.7. The number of rotatable bonds is 4. The van der Waals surface area contributed by atoms with Crippen LogP contribution in [0.4, 0.5) is 0 Å². The second-order valence-corrected chi connectivity index (χ2v) is 5.44. The minimum Gasteiger partial charge on any atom is -0.506 e. The minimum absolute atomic E-state index is 0.295. The minimum atomic E-state index is 0.295. The van der Waals surface area contributed by atoms with E-state index in [4.69, 9.17) is 0 Å². The lowest BCUT2D eigenvalue weighted by Crippen LogP contribution is -2.32. The van der Waals surface area contributed by atoms with Crippen molar-refractivity contribution in [3.63, 3.8) is 0 Å². The summed E-state index contributed by atoms with van der Waals surface area (Å²) in [5, 5.41) is 9.93. The van der Waals surface area contributed by atoms with Gasteiger partial charge in [-0.05, 0) is 38.4 Å². The molecule has 0 spiro atoms. The van der Waals surface area contributed by atoms with Crippen LogP contribution in [0.1, 0.15) is 24.2 Å². The van der Waals surface area contributed by atoms with Crippen molar-refractivity contribution in [2.24, 2.45) is 0 Å². The standard InChI is InChI=1S/C15H20N4O/c1-12-4-5-15(20)14(17-12)10-19-7-2-3-13(19)9-18-8-6-16-11-18/h4-6,8,11,13,20H,2-3,7,9-10H2,1H3. The Labute approximate surface area is 118 Å². The molecule has 1 atom stereocenters. The van der Waals surface area contributed by atoms with E-state index in [1.807, 2.05) is 31.7 Å². The molecule has 1 N–H and O–H groups in total. The van der Waals surface area contributed by atoms with Crippen LogP contribution in [0.15, 0.2) is 30.9 Å².